The van der Waals surface area contributed by atoms with Crippen LogP contribution in [0.1, 0.15) is 17.3 Å². The van der Waals surface area contributed by atoms with E-state index in [1.165, 1.54) is 43.7 Å². The average molecular weight is 390 g/mol. The Hall–Kier alpha value is -2.79. The third kappa shape index (κ3) is 5.11. The lowest BCUT2D eigenvalue weighted by Gasteiger charge is -2.22. The van der Waals surface area contributed by atoms with Gasteiger partial charge in [-0.15, -0.1) is 0 Å². The molecular formula is C16H19BN4O5S. The van der Waals surface area contributed by atoms with Gasteiger partial charge in [0.05, 0.1) is 34.5 Å². The Kier molecular flexibility index (Phi) is 5.96. The summed E-state index contributed by atoms with van der Waals surface area (Å²) in [5, 5.41) is 15.2. The van der Waals surface area contributed by atoms with Gasteiger partial charge in [0.15, 0.2) is 23.3 Å². The average Bonchev–Trinajstić information content (AvgIpc) is 2.62. The standard InChI is InChI=1S/C16H19BN4O5S/c1-16(24,14(23)21-11-7-19-15(17)20-8-11)9-27(25,26)12-5-3-10(4-6-12)13(22)18-2/h3-8,24H,9,17H2,1-2H3,(H,18,22)(H,21,23)/t16-/m0/s1. The molecule has 0 aliphatic carbocycles. The van der Waals surface area contributed by atoms with Gasteiger partial charge >= 0.3 is 0 Å². The number of carbonyl (C=O) groups is 2. The molecule has 2 amide bonds. The number of carbonyl (C=O) groups excluding carboxylic acids is 2. The molecular weight excluding hydrogens is 371 g/mol. The molecule has 27 heavy (non-hydrogen) atoms. The molecule has 1 aromatic heterocycles. The molecule has 1 atom stereocenters. The van der Waals surface area contributed by atoms with Crippen molar-refractivity contribution in [3.05, 3.63) is 42.2 Å². The number of hydrogen-bond donors (Lipinski definition) is 3. The highest BCUT2D eigenvalue weighted by Crippen LogP contribution is 2.19. The quantitative estimate of drug-likeness (QED) is 0.498. The van der Waals surface area contributed by atoms with Crippen molar-refractivity contribution >= 4 is 40.9 Å². The van der Waals surface area contributed by atoms with Crippen LogP contribution in [0.2, 0.25) is 0 Å². The number of benzene rings is 1. The monoisotopic (exact) mass is 390 g/mol. The van der Waals surface area contributed by atoms with E-state index >= 15 is 0 Å². The lowest BCUT2D eigenvalue weighted by atomic mass is 10.1. The fourth-order valence-corrected chi connectivity index (χ4v) is 3.79. The van der Waals surface area contributed by atoms with Gasteiger partial charge in [-0.1, -0.05) is 0 Å². The first kappa shape index (κ1) is 20.5. The SMILES string of the molecule is Bc1ncc(NC(=O)[C@@](C)(O)CS(=O)(=O)c2ccc(C(=O)NC)cc2)cn1. The smallest absolute Gasteiger partial charge is 0.257 e. The molecule has 0 spiro atoms. The summed E-state index contributed by atoms with van der Waals surface area (Å²) < 4.78 is 25.1. The molecule has 0 unspecified atom stereocenters. The van der Waals surface area contributed by atoms with Crippen molar-refractivity contribution in [2.75, 3.05) is 18.1 Å². The van der Waals surface area contributed by atoms with E-state index in [0.29, 0.717) is 11.3 Å². The van der Waals surface area contributed by atoms with E-state index in [1.54, 1.807) is 7.85 Å². The molecule has 0 aliphatic rings. The second-order valence-corrected chi connectivity index (χ2v) is 8.10. The molecule has 0 radical (unpaired) electrons. The maximum absolute atomic E-state index is 12.5. The van der Waals surface area contributed by atoms with Gasteiger partial charge < -0.3 is 15.7 Å². The van der Waals surface area contributed by atoms with Crippen molar-refractivity contribution in [2.45, 2.75) is 17.4 Å². The summed E-state index contributed by atoms with van der Waals surface area (Å²) in [5.41, 5.74) is -1.16. The number of hydrogen-bond acceptors (Lipinski definition) is 7. The minimum Gasteiger partial charge on any atom is -0.379 e. The second-order valence-electron chi connectivity index (χ2n) is 6.11. The van der Waals surface area contributed by atoms with Gasteiger partial charge in [0.1, 0.15) is 0 Å². The summed E-state index contributed by atoms with van der Waals surface area (Å²) >= 11 is 0. The lowest BCUT2D eigenvalue weighted by Crippen LogP contribution is -2.45. The van der Waals surface area contributed by atoms with Crippen molar-refractivity contribution in [3.63, 3.8) is 0 Å². The van der Waals surface area contributed by atoms with Gasteiger partial charge in [0.2, 0.25) is 0 Å². The number of anilines is 1. The number of nitrogens with zero attached hydrogens (tertiary/aromatic N) is 2. The molecule has 11 heteroatoms. The van der Waals surface area contributed by atoms with Crippen LogP contribution < -0.4 is 16.4 Å². The Balaban J connectivity index is 2.15. The summed E-state index contributed by atoms with van der Waals surface area (Å²) in [4.78, 5) is 31.5. The normalized spacial score (nSPS) is 13.4. The molecule has 1 heterocycles. The number of amides is 2. The lowest BCUT2D eigenvalue weighted by molar-refractivity contribution is -0.130. The zero-order valence-electron chi connectivity index (χ0n) is 15.1. The third-order valence-corrected chi connectivity index (χ3v) is 5.63. The summed E-state index contributed by atoms with van der Waals surface area (Å²) in [6.07, 6.45) is 2.70. The molecule has 0 bridgehead atoms. The van der Waals surface area contributed by atoms with Crippen LogP contribution >= 0.6 is 0 Å². The molecule has 0 aliphatic heterocycles. The maximum atomic E-state index is 12.5. The number of aromatic nitrogens is 2. The Morgan fingerprint density at radius 2 is 1.74 bits per heavy atom. The highest BCUT2D eigenvalue weighted by atomic mass is 32.2. The summed E-state index contributed by atoms with van der Waals surface area (Å²) in [5.74, 6) is -2.09. The van der Waals surface area contributed by atoms with Crippen molar-refractivity contribution in [2.24, 2.45) is 0 Å². The number of nitrogens with one attached hydrogen (secondary N) is 2. The van der Waals surface area contributed by atoms with Gasteiger partial charge in [-0.05, 0) is 31.2 Å². The van der Waals surface area contributed by atoms with E-state index in [4.69, 9.17) is 0 Å². The van der Waals surface area contributed by atoms with Crippen LogP contribution in [0.15, 0.2) is 41.6 Å². The Bertz CT molecular complexity index is 944. The predicted molar refractivity (Wildman–Crippen MR) is 101 cm³/mol. The van der Waals surface area contributed by atoms with Crippen LogP contribution in [0.3, 0.4) is 0 Å². The molecule has 2 rings (SSSR count). The Morgan fingerprint density at radius 1 is 1.19 bits per heavy atom. The van der Waals surface area contributed by atoms with E-state index in [1.807, 2.05) is 0 Å². The molecule has 142 valence electrons. The first-order chi connectivity index (χ1) is 12.5. The van der Waals surface area contributed by atoms with Gasteiger partial charge in [-0.3, -0.25) is 19.6 Å². The summed E-state index contributed by atoms with van der Waals surface area (Å²) in [6.45, 7) is 1.10. The highest BCUT2D eigenvalue weighted by molar-refractivity contribution is 7.91. The topological polar surface area (TPSA) is 138 Å². The Morgan fingerprint density at radius 3 is 2.26 bits per heavy atom. The van der Waals surface area contributed by atoms with Crippen LogP contribution in [-0.4, -0.2) is 61.6 Å². The number of aliphatic hydroxyl groups is 1. The van der Waals surface area contributed by atoms with Gasteiger partial charge in [0, 0.05) is 12.6 Å². The molecule has 2 aromatic rings. The summed E-state index contributed by atoms with van der Waals surface area (Å²) in [7, 11) is -0.854. The van der Waals surface area contributed by atoms with Crippen molar-refractivity contribution in [1.29, 1.82) is 0 Å². The van der Waals surface area contributed by atoms with Crippen molar-refractivity contribution in [1.82, 2.24) is 15.3 Å². The zero-order chi connectivity index (χ0) is 20.2. The van der Waals surface area contributed by atoms with Gasteiger partial charge in [-0.25, -0.2) is 8.42 Å². The zero-order valence-corrected chi connectivity index (χ0v) is 15.9. The number of sulfone groups is 1. The van der Waals surface area contributed by atoms with Crippen LogP contribution in [0, 0.1) is 0 Å². The molecule has 0 saturated heterocycles. The van der Waals surface area contributed by atoms with Gasteiger partial charge in [-0.2, -0.15) is 0 Å². The third-order valence-electron chi connectivity index (χ3n) is 3.70. The fourth-order valence-electron chi connectivity index (χ4n) is 2.20. The highest BCUT2D eigenvalue weighted by Gasteiger charge is 2.36. The second kappa shape index (κ2) is 7.84. The maximum Gasteiger partial charge on any atom is 0.257 e. The van der Waals surface area contributed by atoms with E-state index in [0.717, 1.165) is 6.92 Å². The number of rotatable bonds is 6. The van der Waals surface area contributed by atoms with E-state index < -0.39 is 27.1 Å². The molecule has 0 saturated carbocycles. The minimum absolute atomic E-state index is 0.109. The molecule has 1 aromatic carbocycles. The van der Waals surface area contributed by atoms with E-state index in [2.05, 4.69) is 20.6 Å². The molecule has 9 nitrogen and oxygen atoms in total. The van der Waals surface area contributed by atoms with E-state index in [-0.39, 0.29) is 16.5 Å². The molecule has 3 N–H and O–H groups in total. The predicted octanol–water partition coefficient (Wildman–Crippen LogP) is -1.74. The molecule has 0 fully saturated rings. The Labute approximate surface area is 157 Å². The van der Waals surface area contributed by atoms with Gasteiger partial charge in [0.25, 0.3) is 11.8 Å². The van der Waals surface area contributed by atoms with Crippen LogP contribution in [0.4, 0.5) is 5.69 Å². The first-order valence-electron chi connectivity index (χ1n) is 7.92. The van der Waals surface area contributed by atoms with Crippen LogP contribution in [-0.2, 0) is 14.6 Å². The van der Waals surface area contributed by atoms with Crippen LogP contribution in [0.5, 0.6) is 0 Å². The largest absolute Gasteiger partial charge is 0.379 e. The van der Waals surface area contributed by atoms with Crippen molar-refractivity contribution in [3.8, 4) is 0 Å². The summed E-state index contributed by atoms with van der Waals surface area (Å²) in [6, 6.07) is 5.21. The van der Waals surface area contributed by atoms with E-state index in [9.17, 15) is 23.1 Å². The van der Waals surface area contributed by atoms with Crippen molar-refractivity contribution < 1.29 is 23.1 Å². The first-order valence-corrected chi connectivity index (χ1v) is 9.58. The fraction of sp³-hybridized carbons (Fsp3) is 0.250. The minimum atomic E-state index is -3.98. The van der Waals surface area contributed by atoms with Crippen LogP contribution in [0.25, 0.3) is 0 Å².